The van der Waals surface area contributed by atoms with Crippen molar-refractivity contribution in [2.75, 3.05) is 12.4 Å². The first-order valence-electron chi connectivity index (χ1n) is 6.85. The van der Waals surface area contributed by atoms with E-state index in [0.29, 0.717) is 17.0 Å². The van der Waals surface area contributed by atoms with E-state index in [1.807, 2.05) is 6.07 Å². The van der Waals surface area contributed by atoms with Crippen molar-refractivity contribution < 1.29 is 14.5 Å². The molecule has 0 atom stereocenters. The van der Waals surface area contributed by atoms with Crippen LogP contribution >= 0.6 is 0 Å². The van der Waals surface area contributed by atoms with Gasteiger partial charge in [-0.25, -0.2) is 0 Å². The van der Waals surface area contributed by atoms with Crippen LogP contribution in [0.1, 0.15) is 5.56 Å². The fraction of sp³-hybridized carbons (Fsp3) is 0.0588. The number of amides is 1. The molecule has 0 radical (unpaired) electrons. The minimum atomic E-state index is -0.569. The number of ether oxygens (including phenoxy) is 1. The molecule has 0 saturated heterocycles. The Labute approximate surface area is 137 Å². The maximum Gasteiger partial charge on any atom is 0.269 e. The van der Waals surface area contributed by atoms with Crippen molar-refractivity contribution in [2.45, 2.75) is 0 Å². The number of non-ortho nitro benzene ring substituents is 1. The number of nitrogens with zero attached hydrogens (tertiary/aromatic N) is 2. The molecule has 120 valence electrons. The van der Waals surface area contributed by atoms with Gasteiger partial charge in [0.2, 0.25) is 0 Å². The molecule has 1 N–H and O–H groups in total. The Morgan fingerprint density at radius 3 is 2.33 bits per heavy atom. The molecule has 0 heterocycles. The SMILES string of the molecule is COc1ccc(NC(=O)C(C#N)=Cc2ccc([N+](=O)[O-])cc2)cc1. The first kappa shape index (κ1) is 16.7. The van der Waals surface area contributed by atoms with Gasteiger partial charge in [-0.2, -0.15) is 5.26 Å². The van der Waals surface area contributed by atoms with E-state index in [9.17, 15) is 14.9 Å². The summed E-state index contributed by atoms with van der Waals surface area (Å²) in [5, 5.41) is 22.4. The van der Waals surface area contributed by atoms with Crippen molar-refractivity contribution in [1.82, 2.24) is 0 Å². The Hall–Kier alpha value is -3.66. The lowest BCUT2D eigenvalue weighted by Crippen LogP contribution is -2.13. The van der Waals surface area contributed by atoms with Gasteiger partial charge in [0.15, 0.2) is 0 Å². The lowest BCUT2D eigenvalue weighted by Gasteiger charge is -2.05. The van der Waals surface area contributed by atoms with Gasteiger partial charge in [-0.15, -0.1) is 0 Å². The molecule has 2 rings (SSSR count). The van der Waals surface area contributed by atoms with E-state index in [-0.39, 0.29) is 11.3 Å². The Bertz CT molecular complexity index is 818. The van der Waals surface area contributed by atoms with Gasteiger partial charge in [0.1, 0.15) is 17.4 Å². The number of hydrogen-bond acceptors (Lipinski definition) is 5. The van der Waals surface area contributed by atoms with Gasteiger partial charge in [-0.3, -0.25) is 14.9 Å². The number of nitro benzene ring substituents is 1. The summed E-state index contributed by atoms with van der Waals surface area (Å²) in [4.78, 5) is 22.2. The average molecular weight is 323 g/mol. The minimum Gasteiger partial charge on any atom is -0.497 e. The van der Waals surface area contributed by atoms with Crippen molar-refractivity contribution in [3.05, 3.63) is 69.8 Å². The summed E-state index contributed by atoms with van der Waals surface area (Å²) in [6.07, 6.45) is 1.36. The fourth-order valence-corrected chi connectivity index (χ4v) is 1.88. The van der Waals surface area contributed by atoms with Crippen LogP contribution in [0.15, 0.2) is 54.1 Å². The van der Waals surface area contributed by atoms with E-state index in [4.69, 9.17) is 10.00 Å². The molecule has 7 heteroatoms. The van der Waals surface area contributed by atoms with Crippen LogP contribution in [0.25, 0.3) is 6.08 Å². The van der Waals surface area contributed by atoms with Crippen LogP contribution in [0.2, 0.25) is 0 Å². The van der Waals surface area contributed by atoms with Gasteiger partial charge in [-0.1, -0.05) is 0 Å². The number of nitro groups is 1. The van der Waals surface area contributed by atoms with Crippen molar-refractivity contribution in [1.29, 1.82) is 5.26 Å². The number of nitriles is 1. The first-order chi connectivity index (χ1) is 11.5. The van der Waals surface area contributed by atoms with Crippen molar-refractivity contribution in [3.8, 4) is 11.8 Å². The highest BCUT2D eigenvalue weighted by molar-refractivity contribution is 6.09. The molecular formula is C17H13N3O4. The van der Waals surface area contributed by atoms with E-state index < -0.39 is 10.8 Å². The number of rotatable bonds is 5. The number of carbonyl (C=O) groups is 1. The minimum absolute atomic E-state index is 0.0617. The van der Waals surface area contributed by atoms with E-state index in [0.717, 1.165) is 0 Å². The molecule has 0 aliphatic carbocycles. The normalized spacial score (nSPS) is 10.6. The molecule has 0 bridgehead atoms. The summed E-state index contributed by atoms with van der Waals surface area (Å²) in [6.45, 7) is 0. The maximum atomic E-state index is 12.1. The van der Waals surface area contributed by atoms with Crippen molar-refractivity contribution >= 4 is 23.4 Å². The summed E-state index contributed by atoms with van der Waals surface area (Å²) in [5.74, 6) is 0.0796. The lowest BCUT2D eigenvalue weighted by atomic mass is 10.1. The molecule has 2 aromatic carbocycles. The lowest BCUT2D eigenvalue weighted by molar-refractivity contribution is -0.384. The summed E-state index contributed by atoms with van der Waals surface area (Å²) < 4.78 is 5.02. The van der Waals surface area contributed by atoms with Crippen LogP contribution in [0.3, 0.4) is 0 Å². The fourth-order valence-electron chi connectivity index (χ4n) is 1.88. The van der Waals surface area contributed by atoms with Crippen LogP contribution in [0.5, 0.6) is 5.75 Å². The first-order valence-corrected chi connectivity index (χ1v) is 6.85. The van der Waals surface area contributed by atoms with E-state index in [1.165, 1.54) is 37.5 Å². The highest BCUT2D eigenvalue weighted by atomic mass is 16.6. The van der Waals surface area contributed by atoms with Gasteiger partial charge in [-0.05, 0) is 48.0 Å². The van der Waals surface area contributed by atoms with Crippen molar-refractivity contribution in [3.63, 3.8) is 0 Å². The topological polar surface area (TPSA) is 105 Å². The van der Waals surface area contributed by atoms with Gasteiger partial charge in [0.25, 0.3) is 11.6 Å². The Morgan fingerprint density at radius 1 is 1.21 bits per heavy atom. The Balaban J connectivity index is 2.15. The monoisotopic (exact) mass is 323 g/mol. The molecule has 0 aliphatic heterocycles. The molecule has 1 amide bonds. The van der Waals surface area contributed by atoms with Crippen molar-refractivity contribution in [2.24, 2.45) is 0 Å². The van der Waals surface area contributed by atoms with E-state index >= 15 is 0 Å². The number of nitrogens with one attached hydrogen (secondary N) is 1. The van der Waals surface area contributed by atoms with Crippen LogP contribution in [-0.4, -0.2) is 17.9 Å². The smallest absolute Gasteiger partial charge is 0.269 e. The molecule has 7 nitrogen and oxygen atoms in total. The molecule has 0 unspecified atom stereocenters. The number of benzene rings is 2. The number of methoxy groups -OCH3 is 1. The zero-order valence-corrected chi connectivity index (χ0v) is 12.7. The van der Waals surface area contributed by atoms with Crippen LogP contribution in [-0.2, 0) is 4.79 Å². The highest BCUT2D eigenvalue weighted by Crippen LogP contribution is 2.17. The molecular weight excluding hydrogens is 310 g/mol. The molecule has 0 saturated carbocycles. The Morgan fingerprint density at radius 2 is 1.83 bits per heavy atom. The van der Waals surface area contributed by atoms with Gasteiger partial charge < -0.3 is 10.1 Å². The molecule has 0 spiro atoms. The van der Waals surface area contributed by atoms with Crippen LogP contribution in [0.4, 0.5) is 11.4 Å². The van der Waals surface area contributed by atoms with E-state index in [2.05, 4.69) is 5.32 Å². The summed E-state index contributed by atoms with van der Waals surface area (Å²) in [5.41, 5.74) is 0.862. The zero-order valence-electron chi connectivity index (χ0n) is 12.7. The molecule has 24 heavy (non-hydrogen) atoms. The third-order valence-electron chi connectivity index (χ3n) is 3.13. The predicted octanol–water partition coefficient (Wildman–Crippen LogP) is 3.15. The number of anilines is 1. The van der Waals surface area contributed by atoms with E-state index in [1.54, 1.807) is 24.3 Å². The van der Waals surface area contributed by atoms with Gasteiger partial charge >= 0.3 is 0 Å². The van der Waals surface area contributed by atoms with Gasteiger partial charge in [0.05, 0.1) is 12.0 Å². The maximum absolute atomic E-state index is 12.1. The predicted molar refractivity (Wildman–Crippen MR) is 88.3 cm³/mol. The summed E-state index contributed by atoms with van der Waals surface area (Å²) >= 11 is 0. The number of hydrogen-bond donors (Lipinski definition) is 1. The zero-order chi connectivity index (χ0) is 17.5. The van der Waals surface area contributed by atoms with Crippen LogP contribution in [0, 0.1) is 21.4 Å². The largest absolute Gasteiger partial charge is 0.497 e. The summed E-state index contributed by atoms with van der Waals surface area (Å²) in [7, 11) is 1.54. The third kappa shape index (κ3) is 4.18. The molecule has 0 aromatic heterocycles. The molecule has 2 aromatic rings. The number of carbonyl (C=O) groups excluding carboxylic acids is 1. The second-order valence-electron chi connectivity index (χ2n) is 4.70. The average Bonchev–Trinajstić information content (AvgIpc) is 2.60. The Kier molecular flexibility index (Phi) is 5.26. The highest BCUT2D eigenvalue weighted by Gasteiger charge is 2.10. The quantitative estimate of drug-likeness (QED) is 0.394. The molecule has 0 aliphatic rings. The standard InChI is InChI=1S/C17H13N3O4/c1-24-16-8-4-14(5-9-16)19-17(21)13(11-18)10-12-2-6-15(7-3-12)20(22)23/h2-10H,1H3,(H,19,21). The second-order valence-corrected chi connectivity index (χ2v) is 4.70. The molecule has 0 fully saturated rings. The van der Waals surface area contributed by atoms with Crippen LogP contribution < -0.4 is 10.1 Å². The summed E-state index contributed by atoms with van der Waals surface area (Å²) in [6, 6.07) is 14.0. The third-order valence-corrected chi connectivity index (χ3v) is 3.13. The second kappa shape index (κ2) is 7.56. The van der Waals surface area contributed by atoms with Gasteiger partial charge in [0, 0.05) is 17.8 Å².